The standard InChI is InChI=1S/C13H13ClN2O2/c1-8-15-11(6-7-12(17)18)13(16-8)9-2-4-10(14)5-3-9/h2-5H,6-7H2,1H3,(H,15,16)(H,17,18). The molecule has 0 amide bonds. The van der Waals surface area contributed by atoms with Gasteiger partial charge in [-0.25, -0.2) is 4.98 Å². The summed E-state index contributed by atoms with van der Waals surface area (Å²) >= 11 is 5.84. The molecule has 0 fully saturated rings. The van der Waals surface area contributed by atoms with Crippen molar-refractivity contribution in [1.82, 2.24) is 9.97 Å². The van der Waals surface area contributed by atoms with E-state index in [0.29, 0.717) is 11.4 Å². The molecule has 2 N–H and O–H groups in total. The van der Waals surface area contributed by atoms with Gasteiger partial charge in [0, 0.05) is 22.7 Å². The molecule has 0 saturated carbocycles. The Bertz CT molecular complexity index is 561. The summed E-state index contributed by atoms with van der Waals surface area (Å²) in [6.45, 7) is 1.85. The predicted octanol–water partition coefficient (Wildman–Crippen LogP) is 3.06. The van der Waals surface area contributed by atoms with Gasteiger partial charge in [-0.2, -0.15) is 0 Å². The van der Waals surface area contributed by atoms with E-state index in [4.69, 9.17) is 16.7 Å². The van der Waals surface area contributed by atoms with E-state index >= 15 is 0 Å². The van der Waals surface area contributed by atoms with E-state index in [2.05, 4.69) is 9.97 Å². The number of aromatic amines is 1. The average molecular weight is 265 g/mol. The first-order valence-electron chi connectivity index (χ1n) is 5.59. The highest BCUT2D eigenvalue weighted by molar-refractivity contribution is 6.30. The SMILES string of the molecule is Cc1nc(-c2ccc(Cl)cc2)c(CCC(=O)O)[nH]1. The highest BCUT2D eigenvalue weighted by atomic mass is 35.5. The third-order valence-electron chi connectivity index (χ3n) is 2.60. The van der Waals surface area contributed by atoms with Crippen LogP contribution in [0.25, 0.3) is 11.3 Å². The molecule has 1 aromatic carbocycles. The summed E-state index contributed by atoms with van der Waals surface area (Å²) in [6, 6.07) is 7.34. The van der Waals surface area contributed by atoms with E-state index in [9.17, 15) is 4.79 Å². The number of nitrogens with zero attached hydrogens (tertiary/aromatic N) is 1. The van der Waals surface area contributed by atoms with Crippen LogP contribution in [0.2, 0.25) is 5.02 Å². The Morgan fingerprint density at radius 3 is 2.67 bits per heavy atom. The van der Waals surface area contributed by atoms with Gasteiger partial charge < -0.3 is 10.1 Å². The summed E-state index contributed by atoms with van der Waals surface area (Å²) in [4.78, 5) is 18.1. The summed E-state index contributed by atoms with van der Waals surface area (Å²) in [5.41, 5.74) is 2.58. The van der Waals surface area contributed by atoms with Crippen LogP contribution in [0.1, 0.15) is 17.9 Å². The Hall–Kier alpha value is -1.81. The van der Waals surface area contributed by atoms with Crippen LogP contribution in [-0.2, 0) is 11.2 Å². The molecule has 1 heterocycles. The minimum absolute atomic E-state index is 0.0855. The van der Waals surface area contributed by atoms with Gasteiger partial charge in [0.15, 0.2) is 0 Å². The first-order chi connectivity index (χ1) is 8.56. The second-order valence-corrected chi connectivity index (χ2v) is 4.49. The third-order valence-corrected chi connectivity index (χ3v) is 2.86. The van der Waals surface area contributed by atoms with Crippen LogP contribution in [0, 0.1) is 6.92 Å². The number of hydrogen-bond acceptors (Lipinski definition) is 2. The number of carboxylic acid groups (broad SMARTS) is 1. The molecule has 0 unspecified atom stereocenters. The average Bonchev–Trinajstić information content (AvgIpc) is 2.69. The molecule has 0 radical (unpaired) electrons. The highest BCUT2D eigenvalue weighted by Crippen LogP contribution is 2.24. The van der Waals surface area contributed by atoms with Gasteiger partial charge >= 0.3 is 5.97 Å². The van der Waals surface area contributed by atoms with Crippen molar-refractivity contribution in [2.75, 3.05) is 0 Å². The predicted molar refractivity (Wildman–Crippen MR) is 69.7 cm³/mol. The number of nitrogens with one attached hydrogen (secondary N) is 1. The number of aryl methyl sites for hydroxylation is 2. The molecule has 2 rings (SSSR count). The summed E-state index contributed by atoms with van der Waals surface area (Å²) in [6.07, 6.45) is 0.524. The molecule has 5 heteroatoms. The van der Waals surface area contributed by atoms with E-state index < -0.39 is 5.97 Å². The van der Waals surface area contributed by atoms with Crippen LogP contribution in [0.4, 0.5) is 0 Å². The van der Waals surface area contributed by atoms with Crippen molar-refractivity contribution in [2.45, 2.75) is 19.8 Å². The maximum atomic E-state index is 10.6. The van der Waals surface area contributed by atoms with Crippen LogP contribution in [0.15, 0.2) is 24.3 Å². The molecule has 2 aromatic rings. The zero-order valence-corrected chi connectivity index (χ0v) is 10.7. The molecular weight excluding hydrogens is 252 g/mol. The summed E-state index contributed by atoms with van der Waals surface area (Å²) in [7, 11) is 0. The van der Waals surface area contributed by atoms with Crippen LogP contribution in [0.3, 0.4) is 0 Å². The molecule has 0 aliphatic carbocycles. The van der Waals surface area contributed by atoms with E-state index in [-0.39, 0.29) is 6.42 Å². The molecule has 18 heavy (non-hydrogen) atoms. The van der Waals surface area contributed by atoms with Crippen molar-refractivity contribution < 1.29 is 9.90 Å². The van der Waals surface area contributed by atoms with Gasteiger partial charge in [0.1, 0.15) is 5.82 Å². The second-order valence-electron chi connectivity index (χ2n) is 4.05. The molecule has 0 bridgehead atoms. The number of aromatic nitrogens is 2. The fourth-order valence-corrected chi connectivity index (χ4v) is 1.93. The van der Waals surface area contributed by atoms with Crippen molar-refractivity contribution in [3.8, 4) is 11.3 Å². The Morgan fingerprint density at radius 2 is 2.06 bits per heavy atom. The molecule has 0 spiro atoms. The first kappa shape index (κ1) is 12.6. The fourth-order valence-electron chi connectivity index (χ4n) is 1.80. The number of carbonyl (C=O) groups is 1. The van der Waals surface area contributed by atoms with Gasteiger partial charge in [-0.05, 0) is 19.1 Å². The van der Waals surface area contributed by atoms with Gasteiger partial charge in [-0.1, -0.05) is 23.7 Å². The number of H-pyrrole nitrogens is 1. The molecular formula is C13H13ClN2O2. The van der Waals surface area contributed by atoms with Crippen molar-refractivity contribution in [1.29, 1.82) is 0 Å². The van der Waals surface area contributed by atoms with E-state index in [1.54, 1.807) is 12.1 Å². The van der Waals surface area contributed by atoms with E-state index in [0.717, 1.165) is 22.8 Å². The number of imidazole rings is 1. The molecule has 0 aliphatic heterocycles. The molecule has 0 aliphatic rings. The maximum Gasteiger partial charge on any atom is 0.303 e. The monoisotopic (exact) mass is 264 g/mol. The zero-order valence-electron chi connectivity index (χ0n) is 9.90. The molecule has 1 aromatic heterocycles. The Balaban J connectivity index is 2.31. The third kappa shape index (κ3) is 2.90. The zero-order chi connectivity index (χ0) is 13.1. The van der Waals surface area contributed by atoms with Crippen LogP contribution < -0.4 is 0 Å². The minimum atomic E-state index is -0.815. The molecule has 0 atom stereocenters. The number of aliphatic carboxylic acids is 1. The van der Waals surface area contributed by atoms with Crippen LogP contribution in [0.5, 0.6) is 0 Å². The Labute approximate surface area is 110 Å². The smallest absolute Gasteiger partial charge is 0.303 e. The van der Waals surface area contributed by atoms with Gasteiger partial charge in [-0.3, -0.25) is 4.79 Å². The number of halogens is 1. The van der Waals surface area contributed by atoms with Gasteiger partial charge in [0.2, 0.25) is 0 Å². The van der Waals surface area contributed by atoms with Crippen molar-refractivity contribution in [2.24, 2.45) is 0 Å². The van der Waals surface area contributed by atoms with E-state index in [1.165, 1.54) is 0 Å². The Morgan fingerprint density at radius 1 is 1.39 bits per heavy atom. The maximum absolute atomic E-state index is 10.6. The lowest BCUT2D eigenvalue weighted by molar-refractivity contribution is -0.136. The normalized spacial score (nSPS) is 10.6. The Kier molecular flexibility index (Phi) is 3.67. The summed E-state index contributed by atoms with van der Waals surface area (Å²) in [5, 5.41) is 9.39. The first-order valence-corrected chi connectivity index (χ1v) is 5.97. The van der Waals surface area contributed by atoms with E-state index in [1.807, 2.05) is 19.1 Å². The molecule has 94 valence electrons. The largest absolute Gasteiger partial charge is 0.481 e. The van der Waals surface area contributed by atoms with Crippen molar-refractivity contribution in [3.63, 3.8) is 0 Å². The summed E-state index contributed by atoms with van der Waals surface area (Å²) < 4.78 is 0. The summed E-state index contributed by atoms with van der Waals surface area (Å²) in [5.74, 6) is -0.0374. The lowest BCUT2D eigenvalue weighted by Gasteiger charge is -2.01. The van der Waals surface area contributed by atoms with Gasteiger partial charge in [-0.15, -0.1) is 0 Å². The lowest BCUT2D eigenvalue weighted by atomic mass is 10.1. The number of benzene rings is 1. The van der Waals surface area contributed by atoms with Crippen molar-refractivity contribution >= 4 is 17.6 Å². The molecule has 0 saturated heterocycles. The quantitative estimate of drug-likeness (QED) is 0.892. The number of hydrogen-bond donors (Lipinski definition) is 2. The van der Waals surface area contributed by atoms with Gasteiger partial charge in [0.05, 0.1) is 12.1 Å². The van der Waals surface area contributed by atoms with Crippen LogP contribution >= 0.6 is 11.6 Å². The van der Waals surface area contributed by atoms with Gasteiger partial charge in [0.25, 0.3) is 0 Å². The van der Waals surface area contributed by atoms with Crippen LogP contribution in [-0.4, -0.2) is 21.0 Å². The highest BCUT2D eigenvalue weighted by Gasteiger charge is 2.11. The van der Waals surface area contributed by atoms with Crippen molar-refractivity contribution in [3.05, 3.63) is 40.8 Å². The topological polar surface area (TPSA) is 66.0 Å². The molecule has 4 nitrogen and oxygen atoms in total. The minimum Gasteiger partial charge on any atom is -0.481 e. The number of rotatable bonds is 4. The lowest BCUT2D eigenvalue weighted by Crippen LogP contribution is -1.99. The number of carboxylic acids is 1. The fraction of sp³-hybridized carbons (Fsp3) is 0.231. The second kappa shape index (κ2) is 5.23.